The van der Waals surface area contributed by atoms with E-state index < -0.39 is 52.0 Å². The molecule has 2 aromatic carbocycles. The van der Waals surface area contributed by atoms with Crippen molar-refractivity contribution in [3.63, 3.8) is 0 Å². The van der Waals surface area contributed by atoms with E-state index in [9.17, 15) is 38.0 Å². The second-order valence-electron chi connectivity index (χ2n) is 8.30. The lowest BCUT2D eigenvalue weighted by Gasteiger charge is -2.45. The SMILES string of the molecule is CC1(C)Oc2cc(NC(=O)C(F)(F)F)c([N+](=O)[O-])cc2[C@H](N2Cc3ccccc3C2=O)C1O.S. The quantitative estimate of drug-likeness (QED) is 0.493. The lowest BCUT2D eigenvalue weighted by Crippen LogP contribution is -2.53. The van der Waals surface area contributed by atoms with E-state index in [1.807, 2.05) is 0 Å². The fourth-order valence-corrected chi connectivity index (χ4v) is 4.08. The molecule has 2 amide bonds. The summed E-state index contributed by atoms with van der Waals surface area (Å²) in [5.41, 5.74) is -1.71. The summed E-state index contributed by atoms with van der Waals surface area (Å²) in [6.45, 7) is 3.14. The minimum atomic E-state index is -5.27. The van der Waals surface area contributed by atoms with Gasteiger partial charge in [-0.1, -0.05) is 18.2 Å². The second-order valence-corrected chi connectivity index (χ2v) is 8.30. The Morgan fingerprint density at radius 3 is 2.53 bits per heavy atom. The number of halogens is 3. The molecular formula is C21H20F3N3O6S. The van der Waals surface area contributed by atoms with Crippen molar-refractivity contribution in [1.29, 1.82) is 0 Å². The number of benzene rings is 2. The molecule has 0 aromatic heterocycles. The monoisotopic (exact) mass is 499 g/mol. The van der Waals surface area contributed by atoms with Gasteiger partial charge < -0.3 is 20.1 Å². The fraction of sp³-hybridized carbons (Fsp3) is 0.333. The van der Waals surface area contributed by atoms with E-state index in [1.165, 1.54) is 24.1 Å². The normalized spacial score (nSPS) is 20.5. The van der Waals surface area contributed by atoms with E-state index in [2.05, 4.69) is 0 Å². The standard InChI is InChI=1S/C21H18F3N3O6.H2S/c1-20(2)17(28)16(26-9-10-5-3-4-6-11(10)18(26)29)12-7-14(27(31)32)13(8-15(12)33-20)25-19(30)21(22,23)24;/h3-8,16-17,28H,9H2,1-2H3,(H,25,30);1H2/t16-,17?;/m0./s1. The molecule has 13 heteroatoms. The Morgan fingerprint density at radius 1 is 1.29 bits per heavy atom. The number of alkyl halides is 3. The number of ether oxygens (including phenoxy) is 1. The van der Waals surface area contributed by atoms with Crippen LogP contribution in [0.2, 0.25) is 0 Å². The van der Waals surface area contributed by atoms with Crippen LogP contribution >= 0.6 is 13.5 Å². The van der Waals surface area contributed by atoms with Crippen LogP contribution in [0.4, 0.5) is 24.5 Å². The maximum atomic E-state index is 13.1. The highest BCUT2D eigenvalue weighted by molar-refractivity contribution is 7.59. The molecule has 0 fully saturated rings. The van der Waals surface area contributed by atoms with Gasteiger partial charge in [-0.05, 0) is 25.5 Å². The van der Waals surface area contributed by atoms with Gasteiger partial charge in [0.15, 0.2) is 0 Å². The Balaban J connectivity index is 0.00000324. The Labute approximate surface area is 198 Å². The first kappa shape index (κ1) is 25.3. The minimum Gasteiger partial charge on any atom is -0.485 e. The molecule has 0 saturated heterocycles. The number of rotatable bonds is 3. The van der Waals surface area contributed by atoms with Crippen LogP contribution in [-0.2, 0) is 11.3 Å². The van der Waals surface area contributed by atoms with Gasteiger partial charge in [0, 0.05) is 29.8 Å². The predicted octanol–water partition coefficient (Wildman–Crippen LogP) is 3.44. The van der Waals surface area contributed by atoms with Crippen molar-refractivity contribution in [2.24, 2.45) is 0 Å². The molecule has 4 rings (SSSR count). The van der Waals surface area contributed by atoms with Gasteiger partial charge in [0.25, 0.3) is 11.6 Å². The van der Waals surface area contributed by atoms with Crippen LogP contribution in [0.25, 0.3) is 0 Å². The summed E-state index contributed by atoms with van der Waals surface area (Å²) < 4.78 is 43.9. The topological polar surface area (TPSA) is 122 Å². The van der Waals surface area contributed by atoms with Crippen LogP contribution < -0.4 is 10.1 Å². The van der Waals surface area contributed by atoms with Gasteiger partial charge in [0.1, 0.15) is 23.1 Å². The number of anilines is 1. The zero-order chi connectivity index (χ0) is 24.3. The van der Waals surface area contributed by atoms with E-state index in [0.717, 1.165) is 12.1 Å². The average Bonchev–Trinajstić information content (AvgIpc) is 3.04. The van der Waals surface area contributed by atoms with Gasteiger partial charge in [-0.15, -0.1) is 0 Å². The van der Waals surface area contributed by atoms with Crippen molar-refractivity contribution in [3.8, 4) is 5.75 Å². The number of hydrogen-bond donors (Lipinski definition) is 2. The summed E-state index contributed by atoms with van der Waals surface area (Å²) in [4.78, 5) is 36.5. The molecule has 2 N–H and O–H groups in total. The Bertz CT molecular complexity index is 1190. The highest BCUT2D eigenvalue weighted by Gasteiger charge is 2.49. The summed E-state index contributed by atoms with van der Waals surface area (Å²) in [6, 6.07) is 7.52. The van der Waals surface area contributed by atoms with E-state index in [-0.39, 0.29) is 31.4 Å². The molecule has 2 aromatic rings. The highest BCUT2D eigenvalue weighted by Crippen LogP contribution is 2.48. The lowest BCUT2D eigenvalue weighted by atomic mass is 9.85. The molecule has 2 heterocycles. The molecule has 2 aliphatic heterocycles. The molecule has 0 aliphatic carbocycles. The molecular weight excluding hydrogens is 479 g/mol. The van der Waals surface area contributed by atoms with Crippen LogP contribution in [0.15, 0.2) is 36.4 Å². The summed E-state index contributed by atoms with van der Waals surface area (Å²) in [5.74, 6) is -2.89. The van der Waals surface area contributed by atoms with Gasteiger partial charge in [-0.2, -0.15) is 26.7 Å². The minimum absolute atomic E-state index is 0. The maximum absolute atomic E-state index is 13.1. The van der Waals surface area contributed by atoms with Gasteiger partial charge in [0.05, 0.1) is 11.0 Å². The van der Waals surface area contributed by atoms with E-state index in [0.29, 0.717) is 11.1 Å². The van der Waals surface area contributed by atoms with Crippen LogP contribution in [0.3, 0.4) is 0 Å². The van der Waals surface area contributed by atoms with Crippen LogP contribution in [0, 0.1) is 10.1 Å². The number of nitro benzene ring substituents is 1. The van der Waals surface area contributed by atoms with Crippen LogP contribution in [0.5, 0.6) is 5.75 Å². The van der Waals surface area contributed by atoms with Gasteiger partial charge in [0.2, 0.25) is 0 Å². The average molecular weight is 499 g/mol. The molecule has 34 heavy (non-hydrogen) atoms. The summed E-state index contributed by atoms with van der Waals surface area (Å²) in [6.07, 6.45) is -6.59. The van der Waals surface area contributed by atoms with Crippen molar-refractivity contribution in [1.82, 2.24) is 4.90 Å². The van der Waals surface area contributed by atoms with Crippen LogP contribution in [-0.4, -0.2) is 44.6 Å². The van der Waals surface area contributed by atoms with Crippen molar-refractivity contribution in [2.45, 2.75) is 44.3 Å². The first-order valence-corrected chi connectivity index (χ1v) is 9.77. The number of amides is 2. The molecule has 9 nitrogen and oxygen atoms in total. The summed E-state index contributed by atoms with van der Waals surface area (Å²) in [7, 11) is 0. The molecule has 0 radical (unpaired) electrons. The first-order valence-electron chi connectivity index (χ1n) is 9.77. The number of nitrogens with one attached hydrogen (secondary N) is 1. The molecule has 1 unspecified atom stereocenters. The molecule has 2 aliphatic rings. The van der Waals surface area contributed by atoms with Crippen molar-refractivity contribution < 1.29 is 37.5 Å². The Hall–Kier alpha value is -3.32. The highest BCUT2D eigenvalue weighted by atomic mass is 32.1. The lowest BCUT2D eigenvalue weighted by molar-refractivity contribution is -0.384. The zero-order valence-electron chi connectivity index (χ0n) is 17.8. The molecule has 182 valence electrons. The van der Waals surface area contributed by atoms with Crippen molar-refractivity contribution in [2.75, 3.05) is 5.32 Å². The Kier molecular flexibility index (Phi) is 6.31. The molecule has 0 saturated carbocycles. The van der Waals surface area contributed by atoms with Gasteiger partial charge in [-0.3, -0.25) is 19.7 Å². The fourth-order valence-electron chi connectivity index (χ4n) is 4.08. The number of carbonyl (C=O) groups excluding carboxylic acids is 2. The maximum Gasteiger partial charge on any atom is 0.471 e. The predicted molar refractivity (Wildman–Crippen MR) is 118 cm³/mol. The number of carbonyl (C=O) groups is 2. The number of nitrogens with zero attached hydrogens (tertiary/aromatic N) is 2. The van der Waals surface area contributed by atoms with Gasteiger partial charge >= 0.3 is 12.1 Å². The third-order valence-corrected chi connectivity index (χ3v) is 5.72. The zero-order valence-corrected chi connectivity index (χ0v) is 18.8. The number of nitro groups is 1. The number of aliphatic hydroxyl groups excluding tert-OH is 1. The number of hydrogen-bond acceptors (Lipinski definition) is 6. The molecule has 0 bridgehead atoms. The molecule has 2 atom stereocenters. The van der Waals surface area contributed by atoms with E-state index >= 15 is 0 Å². The second kappa shape index (κ2) is 8.47. The van der Waals surface area contributed by atoms with Crippen molar-refractivity contribution in [3.05, 3.63) is 63.2 Å². The third-order valence-electron chi connectivity index (χ3n) is 5.72. The Morgan fingerprint density at radius 2 is 1.94 bits per heavy atom. The van der Waals surface area contributed by atoms with E-state index in [4.69, 9.17) is 4.74 Å². The summed E-state index contributed by atoms with van der Waals surface area (Å²) >= 11 is 0. The number of aliphatic hydroxyl groups is 1. The van der Waals surface area contributed by atoms with Crippen LogP contribution in [0.1, 0.15) is 41.4 Å². The summed E-state index contributed by atoms with van der Waals surface area (Å²) in [5, 5.41) is 24.2. The smallest absolute Gasteiger partial charge is 0.471 e. The van der Waals surface area contributed by atoms with Crippen molar-refractivity contribution >= 4 is 36.7 Å². The third kappa shape index (κ3) is 4.16. The molecule has 0 spiro atoms. The number of fused-ring (bicyclic) bond motifs is 2. The van der Waals surface area contributed by atoms with E-state index in [1.54, 1.807) is 24.3 Å². The van der Waals surface area contributed by atoms with Gasteiger partial charge in [-0.25, -0.2) is 0 Å². The largest absolute Gasteiger partial charge is 0.485 e. The first-order chi connectivity index (χ1) is 15.3.